The van der Waals surface area contributed by atoms with Crippen LogP contribution in [0.3, 0.4) is 0 Å². The molecule has 12 heteroatoms. The van der Waals surface area contributed by atoms with Gasteiger partial charge in [0.05, 0.1) is 13.2 Å². The van der Waals surface area contributed by atoms with Crippen LogP contribution in [0.5, 0.6) is 0 Å². The summed E-state index contributed by atoms with van der Waals surface area (Å²) >= 11 is 0. The van der Waals surface area contributed by atoms with E-state index in [1.165, 1.54) is 0 Å². The van der Waals surface area contributed by atoms with Crippen LogP contribution in [0.2, 0.25) is 0 Å². The zero-order valence-corrected chi connectivity index (χ0v) is 17.1. The first-order valence-corrected chi connectivity index (χ1v) is 10.5. The van der Waals surface area contributed by atoms with Crippen LogP contribution in [0, 0.1) is 0 Å². The molecule has 3 atom stereocenters. The van der Waals surface area contributed by atoms with Gasteiger partial charge in [0.2, 0.25) is 5.91 Å². The van der Waals surface area contributed by atoms with Crippen molar-refractivity contribution < 1.29 is 47.8 Å². The fraction of sp³-hybridized carbons (Fsp3) is 0.812. The molecule has 0 rings (SSSR count). The molecular weight excluding hydrogens is 397 g/mol. The molecule has 0 aliphatic carbocycles. The first-order chi connectivity index (χ1) is 13.1. The number of carboxylic acid groups (broad SMARTS) is 1. The normalized spacial score (nSPS) is 15.3. The van der Waals surface area contributed by atoms with Crippen LogP contribution in [-0.4, -0.2) is 64.9 Å². The van der Waals surface area contributed by atoms with Crippen molar-refractivity contribution in [2.75, 3.05) is 19.8 Å². The van der Waals surface area contributed by atoms with Gasteiger partial charge in [0.1, 0.15) is 12.7 Å². The van der Waals surface area contributed by atoms with Gasteiger partial charge in [-0.2, -0.15) is 0 Å². The Morgan fingerprint density at radius 1 is 1.04 bits per heavy atom. The number of nitrogens with one attached hydrogen (secondary N) is 1. The summed E-state index contributed by atoms with van der Waals surface area (Å²) in [6.07, 6.45) is 3.36. The van der Waals surface area contributed by atoms with Crippen molar-refractivity contribution in [3.8, 4) is 0 Å². The summed E-state index contributed by atoms with van der Waals surface area (Å²) in [6, 6.07) is -1.53. The van der Waals surface area contributed by atoms with Crippen LogP contribution in [0.1, 0.15) is 52.4 Å². The summed E-state index contributed by atoms with van der Waals surface area (Å²) in [6.45, 7) is 1.27. The van der Waals surface area contributed by atoms with E-state index in [9.17, 15) is 28.9 Å². The molecule has 0 saturated carbocycles. The van der Waals surface area contributed by atoms with Gasteiger partial charge >= 0.3 is 19.8 Å². The number of carbonyl (C=O) groups is 3. The fourth-order valence-electron chi connectivity index (χ4n) is 1.98. The quantitative estimate of drug-likeness (QED) is 0.158. The number of carbonyl (C=O) groups excluding carboxylic acids is 2. The van der Waals surface area contributed by atoms with E-state index in [4.69, 9.17) is 5.11 Å². The molecule has 0 heterocycles. The number of aliphatic carboxylic acids is 1. The van der Waals surface area contributed by atoms with E-state index < -0.39 is 57.6 Å². The second kappa shape index (κ2) is 14.5. The SMILES string of the molecule is CCCCCCCC(=O)NC(COP(=O)(O)OCC(O)COC(C)=O)C(=O)O. The van der Waals surface area contributed by atoms with Crippen LogP contribution >= 0.6 is 7.82 Å². The number of hydrogen-bond acceptors (Lipinski definition) is 8. The largest absolute Gasteiger partial charge is 0.480 e. The van der Waals surface area contributed by atoms with E-state index in [1.807, 2.05) is 0 Å². The van der Waals surface area contributed by atoms with Gasteiger partial charge in [-0.1, -0.05) is 32.6 Å². The number of carboxylic acids is 1. The highest BCUT2D eigenvalue weighted by Gasteiger charge is 2.28. The van der Waals surface area contributed by atoms with Gasteiger partial charge in [-0.15, -0.1) is 0 Å². The molecule has 0 aromatic rings. The standard InChI is InChI=1S/C16H30NO10P/c1-3-4-5-6-7-8-15(20)17-14(16(21)22)11-27-28(23,24)26-10-13(19)9-25-12(2)18/h13-14,19H,3-11H2,1-2H3,(H,17,20)(H,21,22)(H,23,24). The highest BCUT2D eigenvalue weighted by molar-refractivity contribution is 7.47. The molecule has 0 aliphatic heterocycles. The van der Waals surface area contributed by atoms with Crippen molar-refractivity contribution in [3.05, 3.63) is 0 Å². The number of rotatable bonds is 16. The molecule has 3 unspecified atom stereocenters. The van der Waals surface area contributed by atoms with Gasteiger partial charge in [0, 0.05) is 13.3 Å². The lowest BCUT2D eigenvalue weighted by atomic mass is 10.1. The van der Waals surface area contributed by atoms with E-state index in [-0.39, 0.29) is 6.42 Å². The number of phosphoric acid groups is 1. The van der Waals surface area contributed by atoms with Crippen molar-refractivity contribution >= 4 is 25.7 Å². The second-order valence-electron chi connectivity index (χ2n) is 6.14. The molecule has 4 N–H and O–H groups in total. The molecule has 0 saturated heterocycles. The molecule has 0 bridgehead atoms. The minimum atomic E-state index is -4.68. The van der Waals surface area contributed by atoms with Crippen LogP contribution in [0.25, 0.3) is 0 Å². The number of aliphatic hydroxyl groups is 1. The number of aliphatic hydroxyl groups excluding tert-OH is 1. The topological polar surface area (TPSA) is 169 Å². The maximum atomic E-state index is 11.8. The molecule has 0 radical (unpaired) electrons. The molecule has 11 nitrogen and oxygen atoms in total. The summed E-state index contributed by atoms with van der Waals surface area (Å²) in [5.74, 6) is -2.58. The minimum absolute atomic E-state index is 0.142. The Morgan fingerprint density at radius 3 is 2.21 bits per heavy atom. The van der Waals surface area contributed by atoms with Crippen molar-refractivity contribution in [1.29, 1.82) is 0 Å². The Labute approximate surface area is 164 Å². The number of ether oxygens (including phenoxy) is 1. The smallest absolute Gasteiger partial charge is 0.472 e. The lowest BCUT2D eigenvalue weighted by molar-refractivity contribution is -0.144. The zero-order chi connectivity index (χ0) is 21.6. The minimum Gasteiger partial charge on any atom is -0.480 e. The van der Waals surface area contributed by atoms with Crippen LogP contribution in [0.4, 0.5) is 0 Å². The van der Waals surface area contributed by atoms with Gasteiger partial charge in [0.15, 0.2) is 6.04 Å². The molecule has 164 valence electrons. The molecule has 0 aliphatic rings. The third-order valence-electron chi connectivity index (χ3n) is 3.45. The Bertz CT molecular complexity index is 542. The van der Waals surface area contributed by atoms with E-state index in [2.05, 4.69) is 26.0 Å². The number of phosphoric ester groups is 1. The van der Waals surface area contributed by atoms with Gasteiger partial charge in [-0.25, -0.2) is 9.36 Å². The Hall–Kier alpha value is -1.52. The first kappa shape index (κ1) is 26.5. The van der Waals surface area contributed by atoms with E-state index >= 15 is 0 Å². The van der Waals surface area contributed by atoms with Gasteiger partial charge in [0.25, 0.3) is 0 Å². The predicted molar refractivity (Wildman–Crippen MR) is 97.3 cm³/mol. The summed E-state index contributed by atoms with van der Waals surface area (Å²) in [4.78, 5) is 43.1. The van der Waals surface area contributed by atoms with Crippen molar-refractivity contribution in [2.45, 2.75) is 64.5 Å². The van der Waals surface area contributed by atoms with Gasteiger partial charge < -0.3 is 25.2 Å². The summed E-state index contributed by atoms with van der Waals surface area (Å²) in [7, 11) is -4.68. The maximum absolute atomic E-state index is 11.8. The van der Waals surface area contributed by atoms with E-state index in [0.717, 1.165) is 32.6 Å². The van der Waals surface area contributed by atoms with Gasteiger partial charge in [-0.05, 0) is 6.42 Å². The third-order valence-corrected chi connectivity index (χ3v) is 4.40. The molecule has 0 spiro atoms. The van der Waals surface area contributed by atoms with Crippen molar-refractivity contribution in [3.63, 3.8) is 0 Å². The number of esters is 1. The highest BCUT2D eigenvalue weighted by Crippen LogP contribution is 2.43. The Morgan fingerprint density at radius 2 is 1.64 bits per heavy atom. The molecule has 0 aromatic carbocycles. The average Bonchev–Trinajstić information content (AvgIpc) is 2.61. The fourth-order valence-corrected chi connectivity index (χ4v) is 2.75. The molecular formula is C16H30NO10P. The Kier molecular flexibility index (Phi) is 13.7. The summed E-state index contributed by atoms with van der Waals surface area (Å²) in [5, 5.41) is 20.8. The van der Waals surface area contributed by atoms with Crippen LogP contribution < -0.4 is 5.32 Å². The lowest BCUT2D eigenvalue weighted by Gasteiger charge is -2.18. The summed E-state index contributed by atoms with van der Waals surface area (Å²) < 4.78 is 25.3. The predicted octanol–water partition coefficient (Wildman–Crippen LogP) is 0.974. The van der Waals surface area contributed by atoms with Crippen molar-refractivity contribution in [1.82, 2.24) is 5.32 Å². The first-order valence-electron chi connectivity index (χ1n) is 9.02. The maximum Gasteiger partial charge on any atom is 0.472 e. The molecule has 28 heavy (non-hydrogen) atoms. The van der Waals surface area contributed by atoms with E-state index in [1.54, 1.807) is 0 Å². The monoisotopic (exact) mass is 427 g/mol. The second-order valence-corrected chi connectivity index (χ2v) is 7.59. The van der Waals surface area contributed by atoms with Crippen LogP contribution in [0.15, 0.2) is 0 Å². The number of hydrogen-bond donors (Lipinski definition) is 4. The summed E-state index contributed by atoms with van der Waals surface area (Å²) in [5.41, 5.74) is 0. The highest BCUT2D eigenvalue weighted by atomic mass is 31.2. The van der Waals surface area contributed by atoms with Gasteiger partial charge in [-0.3, -0.25) is 18.6 Å². The Balaban J connectivity index is 4.30. The number of amides is 1. The molecule has 0 fully saturated rings. The van der Waals surface area contributed by atoms with Crippen LogP contribution in [-0.2, 0) is 32.7 Å². The molecule has 1 amide bonds. The third kappa shape index (κ3) is 14.5. The lowest BCUT2D eigenvalue weighted by Crippen LogP contribution is -2.43. The molecule has 0 aromatic heterocycles. The average molecular weight is 427 g/mol. The zero-order valence-electron chi connectivity index (χ0n) is 16.2. The van der Waals surface area contributed by atoms with E-state index in [0.29, 0.717) is 6.42 Å². The van der Waals surface area contributed by atoms with Crippen molar-refractivity contribution in [2.24, 2.45) is 0 Å². The number of unbranched alkanes of at least 4 members (excludes halogenated alkanes) is 4.